The zero-order valence-corrected chi connectivity index (χ0v) is 12.4. The van der Waals surface area contributed by atoms with E-state index in [0.29, 0.717) is 5.56 Å². The van der Waals surface area contributed by atoms with Crippen molar-refractivity contribution in [3.8, 4) is 0 Å². The number of anilines is 1. The fourth-order valence-electron chi connectivity index (χ4n) is 3.11. The molecule has 1 amide bonds. The first-order valence-corrected chi connectivity index (χ1v) is 7.61. The number of rotatable bonds is 2. The number of fused-ring (bicyclic) bond motifs is 3. The largest absolute Gasteiger partial charge is 0.364 e. The number of hydrogen-bond acceptors (Lipinski definition) is 2. The minimum absolute atomic E-state index is 0.178. The number of para-hydroxylation sites is 1. The number of nitrogens with two attached hydrogens (primary N) is 1. The van der Waals surface area contributed by atoms with Gasteiger partial charge in [-0.05, 0) is 31.4 Å². The van der Waals surface area contributed by atoms with Gasteiger partial charge in [0.2, 0.25) is 0 Å². The lowest BCUT2D eigenvalue weighted by Gasteiger charge is -2.07. The van der Waals surface area contributed by atoms with Gasteiger partial charge in [-0.15, -0.1) is 0 Å². The highest BCUT2D eigenvalue weighted by Crippen LogP contribution is 2.28. The Balaban J connectivity index is 1.71. The van der Waals surface area contributed by atoms with Crippen molar-refractivity contribution in [1.82, 2.24) is 4.98 Å². The molecular formula is C17H16FN4O+. The van der Waals surface area contributed by atoms with E-state index >= 15 is 0 Å². The summed E-state index contributed by atoms with van der Waals surface area (Å²) in [5.41, 5.74) is 6.32. The molecule has 0 radical (unpaired) electrons. The average Bonchev–Trinajstić information content (AvgIpc) is 3.13. The Hall–Kier alpha value is -2.73. The Morgan fingerprint density at radius 2 is 2.17 bits per heavy atom. The zero-order chi connectivity index (χ0) is 15.8. The van der Waals surface area contributed by atoms with Crippen molar-refractivity contribution < 1.29 is 14.6 Å². The molecule has 4 rings (SSSR count). The van der Waals surface area contributed by atoms with Crippen molar-refractivity contribution >= 4 is 17.3 Å². The Morgan fingerprint density at radius 3 is 3.04 bits per heavy atom. The van der Waals surface area contributed by atoms with E-state index in [1.54, 1.807) is 29.8 Å². The van der Waals surface area contributed by atoms with Crippen molar-refractivity contribution in [3.05, 3.63) is 64.9 Å². The van der Waals surface area contributed by atoms with E-state index in [0.717, 1.165) is 41.8 Å². The molecule has 2 heterocycles. The minimum atomic E-state index is -0.449. The Morgan fingerprint density at radius 1 is 1.30 bits per heavy atom. The summed E-state index contributed by atoms with van der Waals surface area (Å²) < 4.78 is 13.8. The van der Waals surface area contributed by atoms with Crippen LogP contribution in [0.5, 0.6) is 0 Å². The lowest BCUT2D eigenvalue weighted by molar-refractivity contribution is -0.590. The molecule has 1 aliphatic carbocycles. The van der Waals surface area contributed by atoms with Gasteiger partial charge in [0.25, 0.3) is 5.91 Å². The molecule has 0 saturated heterocycles. The average molecular weight is 311 g/mol. The molecule has 0 saturated carbocycles. The van der Waals surface area contributed by atoms with Gasteiger partial charge >= 0.3 is 0 Å². The summed E-state index contributed by atoms with van der Waals surface area (Å²) in [6.45, 7) is 0. The smallest absolute Gasteiger partial charge is 0.257 e. The van der Waals surface area contributed by atoms with Gasteiger partial charge in [0, 0.05) is 23.0 Å². The Kier molecular flexibility index (Phi) is 3.31. The third kappa shape index (κ3) is 2.37. The normalized spacial score (nSPS) is 16.0. The van der Waals surface area contributed by atoms with Gasteiger partial charge in [-0.3, -0.25) is 4.79 Å². The van der Waals surface area contributed by atoms with Crippen LogP contribution in [0.1, 0.15) is 34.5 Å². The summed E-state index contributed by atoms with van der Waals surface area (Å²) in [6.07, 6.45) is 6.52. The summed E-state index contributed by atoms with van der Waals surface area (Å²) >= 11 is 0. The quantitative estimate of drug-likeness (QED) is 0.728. The highest BCUT2D eigenvalue weighted by molar-refractivity contribution is 6.20. The summed E-state index contributed by atoms with van der Waals surface area (Å²) in [5, 5.41) is 7.07. The monoisotopic (exact) mass is 311 g/mol. The number of carbonyl (C=O) groups is 1. The zero-order valence-electron chi connectivity index (χ0n) is 12.4. The second kappa shape index (κ2) is 5.48. The molecule has 6 heteroatoms. The van der Waals surface area contributed by atoms with Crippen LogP contribution in [0.15, 0.2) is 47.3 Å². The second-order valence-electron chi connectivity index (χ2n) is 5.66. The Bertz CT molecular complexity index is 850. The lowest BCUT2D eigenvalue weighted by atomic mass is 10.0. The van der Waals surface area contributed by atoms with E-state index in [9.17, 15) is 9.18 Å². The number of aryl methyl sites for hydroxylation is 1. The van der Waals surface area contributed by atoms with Crippen LogP contribution in [0.2, 0.25) is 0 Å². The molecule has 23 heavy (non-hydrogen) atoms. The maximum Gasteiger partial charge on any atom is 0.257 e. The van der Waals surface area contributed by atoms with Crippen LogP contribution in [0.3, 0.4) is 0 Å². The molecule has 2 aliphatic rings. The number of aromatic nitrogens is 1. The molecule has 0 spiro atoms. The van der Waals surface area contributed by atoms with Crippen molar-refractivity contribution in [2.75, 3.05) is 5.32 Å². The topological polar surface area (TPSA) is 73.9 Å². The number of benzene rings is 1. The van der Waals surface area contributed by atoms with Crippen molar-refractivity contribution in [2.45, 2.75) is 19.3 Å². The van der Waals surface area contributed by atoms with Crippen LogP contribution in [0.4, 0.5) is 10.1 Å². The number of H-pyrrole nitrogens is 1. The third-order valence-corrected chi connectivity index (χ3v) is 4.22. The summed E-state index contributed by atoms with van der Waals surface area (Å²) in [6, 6.07) is 6.15. The van der Waals surface area contributed by atoms with E-state index in [4.69, 9.17) is 0 Å². The maximum absolute atomic E-state index is 13.8. The number of quaternary nitrogens is 1. The van der Waals surface area contributed by atoms with E-state index in [2.05, 4.69) is 15.4 Å². The fourth-order valence-corrected chi connectivity index (χ4v) is 3.11. The predicted molar refractivity (Wildman–Crippen MR) is 84.6 cm³/mol. The third-order valence-electron chi connectivity index (χ3n) is 4.22. The highest BCUT2D eigenvalue weighted by atomic mass is 19.1. The van der Waals surface area contributed by atoms with Gasteiger partial charge < -0.3 is 10.3 Å². The van der Waals surface area contributed by atoms with Gasteiger partial charge in [-0.2, -0.15) is 5.43 Å². The predicted octanol–water partition coefficient (Wildman–Crippen LogP) is 1.91. The molecule has 0 unspecified atom stereocenters. The SMILES string of the molecule is O=C(Nc1ccccc1F)c1c[nH]c2c1C1=N[NH2+]C=C1CCC2. The molecule has 1 aromatic heterocycles. The number of nitrogens with zero attached hydrogens (tertiary/aromatic N) is 1. The standard InChI is InChI=1S/C17H15FN4O/c18-12-5-1-2-6-13(12)21-17(23)11-9-19-14-7-3-4-10-8-20-22-16(10)15(11)14/h1-2,5-6,8-9,19H,3-4,7H2,(H,20,22)(H,21,23)/p+1. The number of allylic oxidation sites excluding steroid dienone is 1. The van der Waals surface area contributed by atoms with Crippen LogP contribution in [-0.2, 0) is 6.42 Å². The summed E-state index contributed by atoms with van der Waals surface area (Å²) in [5.74, 6) is -0.780. The first-order chi connectivity index (χ1) is 11.2. The lowest BCUT2D eigenvalue weighted by Crippen LogP contribution is -2.69. The van der Waals surface area contributed by atoms with E-state index in [1.165, 1.54) is 6.07 Å². The van der Waals surface area contributed by atoms with Crippen molar-refractivity contribution in [2.24, 2.45) is 5.10 Å². The second-order valence-corrected chi connectivity index (χ2v) is 5.66. The maximum atomic E-state index is 13.8. The van der Waals surface area contributed by atoms with Crippen molar-refractivity contribution in [1.29, 1.82) is 0 Å². The molecule has 4 N–H and O–H groups in total. The number of amides is 1. The molecule has 1 aliphatic heterocycles. The van der Waals surface area contributed by atoms with Gasteiger partial charge in [0.15, 0.2) is 0 Å². The number of hydrogen-bond donors (Lipinski definition) is 3. The van der Waals surface area contributed by atoms with Gasteiger partial charge in [-0.25, -0.2) is 4.39 Å². The molecule has 5 nitrogen and oxygen atoms in total. The number of nitrogens with one attached hydrogen (secondary N) is 2. The van der Waals surface area contributed by atoms with Gasteiger partial charge in [0.05, 0.1) is 11.3 Å². The van der Waals surface area contributed by atoms with E-state index in [1.807, 2.05) is 6.20 Å². The van der Waals surface area contributed by atoms with Gasteiger partial charge in [-0.1, -0.05) is 17.2 Å². The first kappa shape index (κ1) is 13.9. The van der Waals surface area contributed by atoms with Crippen LogP contribution < -0.4 is 10.7 Å². The van der Waals surface area contributed by atoms with Crippen LogP contribution in [-0.4, -0.2) is 16.6 Å². The summed E-state index contributed by atoms with van der Waals surface area (Å²) in [4.78, 5) is 15.8. The van der Waals surface area contributed by atoms with Gasteiger partial charge in [0.1, 0.15) is 17.7 Å². The molecule has 2 aromatic rings. The molecule has 0 atom stereocenters. The highest BCUT2D eigenvalue weighted by Gasteiger charge is 2.30. The molecule has 1 aromatic carbocycles. The molecule has 0 bridgehead atoms. The first-order valence-electron chi connectivity index (χ1n) is 7.61. The van der Waals surface area contributed by atoms with Crippen LogP contribution in [0, 0.1) is 5.82 Å². The number of aromatic amines is 1. The molecule has 0 fully saturated rings. The fraction of sp³-hybridized carbons (Fsp3) is 0.176. The molecule has 116 valence electrons. The number of carbonyl (C=O) groups excluding carboxylic acids is 1. The van der Waals surface area contributed by atoms with Crippen LogP contribution >= 0.6 is 0 Å². The van der Waals surface area contributed by atoms with Crippen molar-refractivity contribution in [3.63, 3.8) is 0 Å². The Labute approximate surface area is 132 Å². The molecular weight excluding hydrogens is 295 g/mol. The minimum Gasteiger partial charge on any atom is -0.364 e. The number of halogens is 1. The summed E-state index contributed by atoms with van der Waals surface area (Å²) in [7, 11) is 0. The van der Waals surface area contributed by atoms with E-state index in [-0.39, 0.29) is 11.6 Å². The van der Waals surface area contributed by atoms with E-state index < -0.39 is 5.82 Å². The van der Waals surface area contributed by atoms with Crippen LogP contribution in [0.25, 0.3) is 0 Å².